The molecule has 34 heavy (non-hydrogen) atoms. The van der Waals surface area contributed by atoms with Crippen LogP contribution in [0.3, 0.4) is 0 Å². The Hall–Kier alpha value is -4.46. The number of amides is 2. The molecule has 1 aliphatic rings. The Morgan fingerprint density at radius 2 is 1.56 bits per heavy atom. The van der Waals surface area contributed by atoms with E-state index in [2.05, 4.69) is 15.5 Å². The van der Waals surface area contributed by atoms with Crippen molar-refractivity contribution in [1.29, 1.82) is 0 Å². The standard InChI is InChI=1S/C26H21FN4O3/c27-23(17-7-3-1-4-8-17)26(33)31-15-21-22(16-31)29-30-24(21)28-25(32)18-11-13-20(14-12-18)34-19-9-5-2-6-10-19/h1-14,23H,15-16H2,(H2,28,29,30,32). The van der Waals surface area contributed by atoms with Gasteiger partial charge in [-0.15, -0.1) is 0 Å². The van der Waals surface area contributed by atoms with Gasteiger partial charge in [-0.25, -0.2) is 4.39 Å². The monoisotopic (exact) mass is 456 g/mol. The first-order valence-corrected chi connectivity index (χ1v) is 10.8. The number of aromatic nitrogens is 2. The summed E-state index contributed by atoms with van der Waals surface area (Å²) in [6.45, 7) is 0.368. The lowest BCUT2D eigenvalue weighted by Gasteiger charge is -2.18. The number of hydrogen-bond donors (Lipinski definition) is 2. The second-order valence-corrected chi connectivity index (χ2v) is 7.89. The second kappa shape index (κ2) is 9.19. The lowest BCUT2D eigenvalue weighted by Crippen LogP contribution is -2.29. The minimum atomic E-state index is -1.74. The molecule has 1 aromatic heterocycles. The number of nitrogens with zero attached hydrogens (tertiary/aromatic N) is 2. The predicted molar refractivity (Wildman–Crippen MR) is 124 cm³/mol. The fourth-order valence-electron chi connectivity index (χ4n) is 3.80. The average molecular weight is 456 g/mol. The van der Waals surface area contributed by atoms with Crippen molar-refractivity contribution in [2.75, 3.05) is 5.32 Å². The number of alkyl halides is 1. The van der Waals surface area contributed by atoms with Gasteiger partial charge in [0, 0.05) is 11.1 Å². The number of hydrogen-bond acceptors (Lipinski definition) is 4. The Bertz CT molecular complexity index is 1310. The molecule has 0 bridgehead atoms. The first kappa shape index (κ1) is 21.4. The van der Waals surface area contributed by atoms with E-state index in [9.17, 15) is 14.0 Å². The molecule has 5 rings (SSSR count). The number of benzene rings is 3. The van der Waals surface area contributed by atoms with E-state index in [4.69, 9.17) is 4.74 Å². The molecule has 0 spiro atoms. The number of halogens is 1. The maximum Gasteiger partial charge on any atom is 0.262 e. The summed E-state index contributed by atoms with van der Waals surface area (Å²) in [5, 5.41) is 9.78. The minimum Gasteiger partial charge on any atom is -0.457 e. The molecule has 7 nitrogen and oxygen atoms in total. The largest absolute Gasteiger partial charge is 0.457 e. The van der Waals surface area contributed by atoms with Crippen molar-refractivity contribution >= 4 is 17.6 Å². The molecule has 1 unspecified atom stereocenters. The first-order valence-electron chi connectivity index (χ1n) is 10.8. The van der Waals surface area contributed by atoms with Gasteiger partial charge in [-0.2, -0.15) is 5.10 Å². The number of fused-ring (bicyclic) bond motifs is 1. The smallest absolute Gasteiger partial charge is 0.262 e. The Morgan fingerprint density at radius 3 is 2.26 bits per heavy atom. The minimum absolute atomic E-state index is 0.164. The molecule has 0 saturated heterocycles. The summed E-state index contributed by atoms with van der Waals surface area (Å²) < 4.78 is 20.5. The second-order valence-electron chi connectivity index (χ2n) is 7.89. The first-order chi connectivity index (χ1) is 16.6. The van der Waals surface area contributed by atoms with Gasteiger partial charge >= 0.3 is 0 Å². The molecule has 8 heteroatoms. The summed E-state index contributed by atoms with van der Waals surface area (Å²) in [6, 6.07) is 24.4. The van der Waals surface area contributed by atoms with Crippen LogP contribution >= 0.6 is 0 Å². The normalized spacial score (nSPS) is 13.3. The highest BCUT2D eigenvalue weighted by Crippen LogP contribution is 2.31. The molecule has 170 valence electrons. The number of carbonyl (C=O) groups is 2. The number of nitrogens with one attached hydrogen (secondary N) is 2. The molecule has 1 atom stereocenters. The SMILES string of the molecule is O=C(Nc1n[nH]c2c1CN(C(=O)C(F)c1ccccc1)C2)c1ccc(Oc2ccccc2)cc1. The molecular weight excluding hydrogens is 435 g/mol. The fourth-order valence-corrected chi connectivity index (χ4v) is 3.80. The van der Waals surface area contributed by atoms with Crippen molar-refractivity contribution in [2.24, 2.45) is 0 Å². The Morgan fingerprint density at radius 1 is 0.912 bits per heavy atom. The zero-order valence-electron chi connectivity index (χ0n) is 18.1. The molecular formula is C26H21FN4O3. The zero-order valence-corrected chi connectivity index (χ0v) is 18.1. The lowest BCUT2D eigenvalue weighted by molar-refractivity contribution is -0.137. The summed E-state index contributed by atoms with van der Waals surface area (Å²) in [5.41, 5.74) is 2.09. The van der Waals surface area contributed by atoms with Crippen LogP contribution < -0.4 is 10.1 Å². The number of anilines is 1. The van der Waals surface area contributed by atoms with Gasteiger partial charge in [0.2, 0.25) is 6.17 Å². The van der Waals surface area contributed by atoms with Gasteiger partial charge in [0.1, 0.15) is 11.5 Å². The van der Waals surface area contributed by atoms with Crippen LogP contribution in [0.2, 0.25) is 0 Å². The Balaban J connectivity index is 1.23. The molecule has 2 amide bonds. The highest BCUT2D eigenvalue weighted by Gasteiger charge is 2.33. The molecule has 2 N–H and O–H groups in total. The van der Waals surface area contributed by atoms with E-state index in [1.807, 2.05) is 30.3 Å². The summed E-state index contributed by atoms with van der Waals surface area (Å²) in [7, 11) is 0. The van der Waals surface area contributed by atoms with Gasteiger partial charge in [0.25, 0.3) is 11.8 Å². The molecule has 1 aliphatic heterocycles. The van der Waals surface area contributed by atoms with Crippen LogP contribution in [-0.4, -0.2) is 26.9 Å². The molecule has 2 heterocycles. The fraction of sp³-hybridized carbons (Fsp3) is 0.115. The average Bonchev–Trinajstić information content (AvgIpc) is 3.46. The molecule has 4 aromatic rings. The number of H-pyrrole nitrogens is 1. The van der Waals surface area contributed by atoms with Crippen LogP contribution in [0.4, 0.5) is 10.2 Å². The summed E-state index contributed by atoms with van der Waals surface area (Å²) in [6.07, 6.45) is -1.74. The third kappa shape index (κ3) is 4.38. The van der Waals surface area contributed by atoms with Gasteiger partial charge < -0.3 is 15.0 Å². The Kier molecular flexibility index (Phi) is 5.78. The van der Waals surface area contributed by atoms with Crippen LogP contribution in [-0.2, 0) is 17.9 Å². The summed E-state index contributed by atoms with van der Waals surface area (Å²) >= 11 is 0. The van der Waals surface area contributed by atoms with Gasteiger partial charge in [-0.1, -0.05) is 48.5 Å². The summed E-state index contributed by atoms with van der Waals surface area (Å²) in [5.74, 6) is 0.667. The van der Waals surface area contributed by atoms with Crippen LogP contribution in [0.25, 0.3) is 0 Å². The maximum absolute atomic E-state index is 14.7. The van der Waals surface area contributed by atoms with Crippen molar-refractivity contribution < 1.29 is 18.7 Å². The van der Waals surface area contributed by atoms with Crippen LogP contribution in [0.1, 0.15) is 33.4 Å². The van der Waals surface area contributed by atoms with E-state index in [-0.39, 0.29) is 19.0 Å². The van der Waals surface area contributed by atoms with E-state index < -0.39 is 12.1 Å². The molecule has 3 aromatic carbocycles. The zero-order chi connectivity index (χ0) is 23.5. The van der Waals surface area contributed by atoms with Crippen molar-refractivity contribution in [3.8, 4) is 11.5 Å². The number of carbonyl (C=O) groups excluding carboxylic acids is 2. The molecule has 0 fully saturated rings. The van der Waals surface area contributed by atoms with Crippen LogP contribution in [0, 0.1) is 0 Å². The van der Waals surface area contributed by atoms with E-state index in [0.717, 1.165) is 0 Å². The maximum atomic E-state index is 14.7. The van der Waals surface area contributed by atoms with Gasteiger partial charge in [-0.3, -0.25) is 14.7 Å². The van der Waals surface area contributed by atoms with E-state index in [0.29, 0.717) is 39.7 Å². The van der Waals surface area contributed by atoms with Crippen molar-refractivity contribution in [3.05, 3.63) is 107 Å². The molecule has 0 aliphatic carbocycles. The number of rotatable bonds is 6. The van der Waals surface area contributed by atoms with Crippen molar-refractivity contribution in [2.45, 2.75) is 19.3 Å². The quantitative estimate of drug-likeness (QED) is 0.427. The van der Waals surface area contributed by atoms with E-state index >= 15 is 0 Å². The summed E-state index contributed by atoms with van der Waals surface area (Å²) in [4.78, 5) is 26.8. The number of para-hydroxylation sites is 1. The van der Waals surface area contributed by atoms with E-state index in [1.54, 1.807) is 54.6 Å². The molecule has 0 radical (unpaired) electrons. The third-order valence-corrected chi connectivity index (χ3v) is 5.60. The van der Waals surface area contributed by atoms with Crippen LogP contribution in [0.5, 0.6) is 11.5 Å². The topological polar surface area (TPSA) is 87.3 Å². The van der Waals surface area contributed by atoms with Gasteiger partial charge in [-0.05, 0) is 42.0 Å². The number of aromatic amines is 1. The predicted octanol–water partition coefficient (Wildman–Crippen LogP) is 5.01. The number of ether oxygens (including phenoxy) is 1. The lowest BCUT2D eigenvalue weighted by atomic mass is 10.1. The third-order valence-electron chi connectivity index (χ3n) is 5.60. The highest BCUT2D eigenvalue weighted by atomic mass is 19.1. The molecule has 0 saturated carbocycles. The van der Waals surface area contributed by atoms with Gasteiger partial charge in [0.05, 0.1) is 18.8 Å². The van der Waals surface area contributed by atoms with E-state index in [1.165, 1.54) is 4.90 Å². The highest BCUT2D eigenvalue weighted by molar-refractivity contribution is 6.04. The van der Waals surface area contributed by atoms with Gasteiger partial charge in [0.15, 0.2) is 5.82 Å². The van der Waals surface area contributed by atoms with Crippen molar-refractivity contribution in [1.82, 2.24) is 15.1 Å². The Labute approximate surface area is 195 Å². The van der Waals surface area contributed by atoms with Crippen molar-refractivity contribution in [3.63, 3.8) is 0 Å². The van der Waals surface area contributed by atoms with Crippen LogP contribution in [0.15, 0.2) is 84.9 Å².